The highest BCUT2D eigenvalue weighted by atomic mass is 35.5. The van der Waals surface area contributed by atoms with Gasteiger partial charge in [-0.15, -0.1) is 0 Å². The summed E-state index contributed by atoms with van der Waals surface area (Å²) in [5.74, 6) is -1.12. The van der Waals surface area contributed by atoms with Crippen molar-refractivity contribution in [2.45, 2.75) is 6.54 Å². The van der Waals surface area contributed by atoms with Crippen LogP contribution in [0.15, 0.2) is 53.3 Å². The topological polar surface area (TPSA) is 72.2 Å². The largest absolute Gasteiger partial charge is 0.480 e. The fraction of sp³-hybridized carbons (Fsp3) is 0.0625. The highest BCUT2D eigenvalue weighted by Crippen LogP contribution is 2.25. The maximum absolute atomic E-state index is 12.3. The van der Waals surface area contributed by atoms with E-state index < -0.39 is 18.1 Å². The minimum atomic E-state index is -1.12. The van der Waals surface area contributed by atoms with Gasteiger partial charge in [-0.05, 0) is 18.2 Å². The number of fused-ring (bicyclic) bond motifs is 1. The van der Waals surface area contributed by atoms with Gasteiger partial charge in [0.15, 0.2) is 0 Å². The SMILES string of the molecule is O=C(O)Cn1nc(-c2ccc(Cl)cc2)c2ccccc2c1=O. The molecule has 22 heavy (non-hydrogen) atoms. The van der Waals surface area contributed by atoms with Crippen LogP contribution < -0.4 is 5.56 Å². The molecule has 0 amide bonds. The average Bonchev–Trinajstić information content (AvgIpc) is 2.51. The Hall–Kier alpha value is -2.66. The van der Waals surface area contributed by atoms with Gasteiger partial charge in [0.1, 0.15) is 6.54 Å². The molecule has 0 aliphatic rings. The highest BCUT2D eigenvalue weighted by molar-refractivity contribution is 6.30. The van der Waals surface area contributed by atoms with Crippen molar-refractivity contribution in [3.63, 3.8) is 0 Å². The molecule has 110 valence electrons. The summed E-state index contributed by atoms with van der Waals surface area (Å²) in [6.07, 6.45) is 0. The molecule has 0 radical (unpaired) electrons. The van der Waals surface area contributed by atoms with E-state index in [2.05, 4.69) is 5.10 Å². The standard InChI is InChI=1S/C16H11ClN2O3/c17-11-7-5-10(6-8-11)15-12-3-1-2-4-13(12)16(22)19(18-15)9-14(20)21/h1-8H,9H2,(H,20,21). The summed E-state index contributed by atoms with van der Waals surface area (Å²) in [5.41, 5.74) is 0.892. The minimum absolute atomic E-state index is 0.421. The Balaban J connectivity index is 2.32. The Labute approximate surface area is 130 Å². The summed E-state index contributed by atoms with van der Waals surface area (Å²) in [5, 5.41) is 14.9. The van der Waals surface area contributed by atoms with Crippen molar-refractivity contribution in [3.8, 4) is 11.3 Å². The number of carbonyl (C=O) groups is 1. The summed E-state index contributed by atoms with van der Waals surface area (Å²) in [6, 6.07) is 14.0. The van der Waals surface area contributed by atoms with E-state index in [1.807, 2.05) is 6.07 Å². The lowest BCUT2D eigenvalue weighted by atomic mass is 10.1. The van der Waals surface area contributed by atoms with Crippen LogP contribution in [0.1, 0.15) is 0 Å². The number of aliphatic carboxylic acids is 1. The molecular weight excluding hydrogens is 304 g/mol. The molecule has 1 N–H and O–H groups in total. The van der Waals surface area contributed by atoms with Gasteiger partial charge in [0.2, 0.25) is 0 Å². The van der Waals surface area contributed by atoms with Crippen molar-refractivity contribution < 1.29 is 9.90 Å². The normalized spacial score (nSPS) is 10.8. The van der Waals surface area contributed by atoms with Crippen LogP contribution in [-0.2, 0) is 11.3 Å². The molecule has 2 aromatic carbocycles. The maximum Gasteiger partial charge on any atom is 0.325 e. The second-order valence-corrected chi connectivity index (χ2v) is 5.19. The molecule has 0 spiro atoms. The molecule has 0 aliphatic heterocycles. The van der Waals surface area contributed by atoms with E-state index in [9.17, 15) is 9.59 Å². The number of benzene rings is 2. The zero-order chi connectivity index (χ0) is 15.7. The third-order valence-corrected chi connectivity index (χ3v) is 3.52. The molecule has 0 aliphatic carbocycles. The Morgan fingerprint density at radius 2 is 1.73 bits per heavy atom. The summed E-state index contributed by atoms with van der Waals surface area (Å²) in [6.45, 7) is -0.482. The van der Waals surface area contributed by atoms with Crippen LogP contribution in [0.5, 0.6) is 0 Å². The van der Waals surface area contributed by atoms with Crippen LogP contribution in [0, 0.1) is 0 Å². The zero-order valence-electron chi connectivity index (χ0n) is 11.4. The Kier molecular flexibility index (Phi) is 3.65. The molecule has 3 rings (SSSR count). The van der Waals surface area contributed by atoms with Gasteiger partial charge in [-0.1, -0.05) is 41.9 Å². The Bertz CT molecular complexity index is 917. The van der Waals surface area contributed by atoms with E-state index in [-0.39, 0.29) is 0 Å². The number of nitrogens with zero attached hydrogens (tertiary/aromatic N) is 2. The summed E-state index contributed by atoms with van der Waals surface area (Å²) >= 11 is 5.89. The third kappa shape index (κ3) is 2.58. The number of hydrogen-bond acceptors (Lipinski definition) is 3. The molecule has 0 saturated heterocycles. The number of halogens is 1. The monoisotopic (exact) mass is 314 g/mol. The fourth-order valence-corrected chi connectivity index (χ4v) is 2.42. The maximum atomic E-state index is 12.3. The number of rotatable bonds is 3. The van der Waals surface area contributed by atoms with Crippen LogP contribution in [0.2, 0.25) is 5.02 Å². The van der Waals surface area contributed by atoms with E-state index in [0.29, 0.717) is 21.5 Å². The van der Waals surface area contributed by atoms with E-state index in [0.717, 1.165) is 10.2 Å². The second kappa shape index (κ2) is 5.61. The molecule has 5 nitrogen and oxygen atoms in total. The lowest BCUT2D eigenvalue weighted by molar-refractivity contribution is -0.137. The van der Waals surface area contributed by atoms with Gasteiger partial charge in [0.05, 0.1) is 11.1 Å². The van der Waals surface area contributed by atoms with Crippen molar-refractivity contribution >= 4 is 28.3 Å². The molecule has 6 heteroatoms. The van der Waals surface area contributed by atoms with Crippen molar-refractivity contribution in [2.24, 2.45) is 0 Å². The summed E-state index contributed by atoms with van der Waals surface area (Å²) in [7, 11) is 0. The van der Waals surface area contributed by atoms with Gasteiger partial charge in [-0.25, -0.2) is 4.68 Å². The number of carboxylic acids is 1. The molecule has 1 heterocycles. The van der Waals surface area contributed by atoms with Crippen LogP contribution in [-0.4, -0.2) is 20.9 Å². The molecule has 0 bridgehead atoms. The Morgan fingerprint density at radius 1 is 1.09 bits per heavy atom. The van der Waals surface area contributed by atoms with Gasteiger partial charge in [0.25, 0.3) is 5.56 Å². The molecule has 0 saturated carbocycles. The van der Waals surface area contributed by atoms with Gasteiger partial charge < -0.3 is 5.11 Å². The van der Waals surface area contributed by atoms with E-state index in [4.69, 9.17) is 16.7 Å². The van der Waals surface area contributed by atoms with Crippen molar-refractivity contribution in [1.82, 2.24) is 9.78 Å². The lowest BCUT2D eigenvalue weighted by Gasteiger charge is -2.10. The molecule has 0 fully saturated rings. The number of carboxylic acid groups (broad SMARTS) is 1. The zero-order valence-corrected chi connectivity index (χ0v) is 12.1. The minimum Gasteiger partial charge on any atom is -0.480 e. The Morgan fingerprint density at radius 3 is 2.36 bits per heavy atom. The van der Waals surface area contributed by atoms with Gasteiger partial charge in [0, 0.05) is 16.0 Å². The van der Waals surface area contributed by atoms with E-state index in [1.54, 1.807) is 42.5 Å². The quantitative estimate of drug-likeness (QED) is 0.807. The van der Waals surface area contributed by atoms with Crippen molar-refractivity contribution in [1.29, 1.82) is 0 Å². The first kappa shape index (κ1) is 14.3. The van der Waals surface area contributed by atoms with Crippen LogP contribution in [0.3, 0.4) is 0 Å². The molecule has 0 atom stereocenters. The first-order chi connectivity index (χ1) is 10.6. The van der Waals surface area contributed by atoms with Gasteiger partial charge in [-0.3, -0.25) is 9.59 Å². The predicted molar refractivity (Wildman–Crippen MR) is 84.1 cm³/mol. The third-order valence-electron chi connectivity index (χ3n) is 3.27. The molecule has 1 aromatic heterocycles. The first-order valence-corrected chi connectivity index (χ1v) is 6.91. The van der Waals surface area contributed by atoms with E-state index >= 15 is 0 Å². The molecule has 3 aromatic rings. The van der Waals surface area contributed by atoms with Gasteiger partial charge in [-0.2, -0.15) is 5.10 Å². The molecular formula is C16H11ClN2O3. The van der Waals surface area contributed by atoms with E-state index in [1.165, 1.54) is 0 Å². The van der Waals surface area contributed by atoms with Gasteiger partial charge >= 0.3 is 5.97 Å². The highest BCUT2D eigenvalue weighted by Gasteiger charge is 2.13. The fourth-order valence-electron chi connectivity index (χ4n) is 2.29. The van der Waals surface area contributed by atoms with Crippen molar-refractivity contribution in [3.05, 3.63) is 63.9 Å². The first-order valence-electron chi connectivity index (χ1n) is 6.54. The average molecular weight is 315 g/mol. The number of aromatic nitrogens is 2. The molecule has 0 unspecified atom stereocenters. The predicted octanol–water partition coefficient (Wildman–Crippen LogP) is 2.80. The van der Waals surface area contributed by atoms with Crippen LogP contribution >= 0.6 is 11.6 Å². The summed E-state index contributed by atoms with van der Waals surface area (Å²) < 4.78 is 0.967. The second-order valence-electron chi connectivity index (χ2n) is 4.76. The van der Waals surface area contributed by atoms with Crippen LogP contribution in [0.4, 0.5) is 0 Å². The lowest BCUT2D eigenvalue weighted by Crippen LogP contribution is -2.27. The smallest absolute Gasteiger partial charge is 0.325 e. The van der Waals surface area contributed by atoms with Crippen LogP contribution in [0.25, 0.3) is 22.0 Å². The summed E-state index contributed by atoms with van der Waals surface area (Å²) in [4.78, 5) is 23.2. The van der Waals surface area contributed by atoms with Crippen molar-refractivity contribution in [2.75, 3.05) is 0 Å². The number of hydrogen-bond donors (Lipinski definition) is 1.